The normalized spacial score (nSPS) is 22.2. The van der Waals surface area contributed by atoms with Crippen LogP contribution in [-0.2, 0) is 6.54 Å². The number of piperidine rings is 1. The molecule has 2 heterocycles. The van der Waals surface area contributed by atoms with Crippen molar-refractivity contribution in [1.29, 1.82) is 0 Å². The first-order chi connectivity index (χ1) is 9.65. The van der Waals surface area contributed by atoms with Crippen LogP contribution in [-0.4, -0.2) is 29.0 Å². The zero-order valence-electron chi connectivity index (χ0n) is 12.5. The Hall–Kier alpha value is -1.32. The summed E-state index contributed by atoms with van der Waals surface area (Å²) in [6.45, 7) is 7.70. The number of nitrogens with one attached hydrogen (secondary N) is 1. The molecule has 2 unspecified atom stereocenters. The van der Waals surface area contributed by atoms with Crippen LogP contribution in [0.5, 0.6) is 0 Å². The molecular formula is C17H25N3. The Balaban J connectivity index is 1.81. The molecule has 0 spiro atoms. The van der Waals surface area contributed by atoms with Crippen LogP contribution in [0, 0.1) is 12.8 Å². The highest BCUT2D eigenvalue weighted by atomic mass is 15.1. The predicted molar refractivity (Wildman–Crippen MR) is 84.7 cm³/mol. The summed E-state index contributed by atoms with van der Waals surface area (Å²) in [6.07, 6.45) is 2.55. The van der Waals surface area contributed by atoms with Crippen LogP contribution in [0.1, 0.15) is 31.0 Å². The van der Waals surface area contributed by atoms with Crippen molar-refractivity contribution in [2.45, 2.75) is 39.3 Å². The molecule has 0 amide bonds. The number of nitrogens with two attached hydrogens (primary N) is 1. The molecule has 3 N–H and O–H groups in total. The predicted octanol–water partition coefficient (Wildman–Crippen LogP) is 3.04. The van der Waals surface area contributed by atoms with Gasteiger partial charge in [-0.25, -0.2) is 0 Å². The molecule has 1 fully saturated rings. The quantitative estimate of drug-likeness (QED) is 0.901. The largest absolute Gasteiger partial charge is 0.358 e. The number of hydrogen-bond acceptors (Lipinski definition) is 2. The van der Waals surface area contributed by atoms with Crippen LogP contribution >= 0.6 is 0 Å². The van der Waals surface area contributed by atoms with Crippen LogP contribution in [0.15, 0.2) is 24.3 Å². The number of likely N-dealkylation sites (tertiary alicyclic amines) is 1. The number of fused-ring (bicyclic) bond motifs is 1. The molecule has 1 saturated heterocycles. The molecule has 3 heteroatoms. The maximum Gasteiger partial charge on any atom is 0.0459 e. The first-order valence-corrected chi connectivity index (χ1v) is 7.69. The summed E-state index contributed by atoms with van der Waals surface area (Å²) < 4.78 is 0. The van der Waals surface area contributed by atoms with E-state index in [0.29, 0.717) is 12.0 Å². The van der Waals surface area contributed by atoms with Crippen molar-refractivity contribution in [3.63, 3.8) is 0 Å². The summed E-state index contributed by atoms with van der Waals surface area (Å²) in [7, 11) is 0. The monoisotopic (exact) mass is 271 g/mol. The second-order valence-electron chi connectivity index (χ2n) is 6.27. The molecule has 0 bridgehead atoms. The molecule has 1 aromatic carbocycles. The molecule has 2 atom stereocenters. The lowest BCUT2D eigenvalue weighted by Gasteiger charge is -2.34. The van der Waals surface area contributed by atoms with E-state index in [1.54, 1.807) is 0 Å². The van der Waals surface area contributed by atoms with Gasteiger partial charge in [0.05, 0.1) is 0 Å². The van der Waals surface area contributed by atoms with Gasteiger partial charge in [-0.1, -0.05) is 18.2 Å². The summed E-state index contributed by atoms with van der Waals surface area (Å²) >= 11 is 0. The summed E-state index contributed by atoms with van der Waals surface area (Å²) in [5.41, 5.74) is 10.1. The molecular weight excluding hydrogens is 246 g/mol. The Labute approximate surface area is 121 Å². The van der Waals surface area contributed by atoms with Crippen molar-refractivity contribution in [3.8, 4) is 0 Å². The summed E-state index contributed by atoms with van der Waals surface area (Å²) in [5, 5.41) is 1.37. The van der Waals surface area contributed by atoms with Crippen molar-refractivity contribution in [2.75, 3.05) is 13.1 Å². The van der Waals surface area contributed by atoms with Crippen molar-refractivity contribution in [3.05, 3.63) is 35.5 Å². The van der Waals surface area contributed by atoms with Gasteiger partial charge in [0.15, 0.2) is 0 Å². The number of rotatable bonds is 3. The molecule has 1 aliphatic heterocycles. The van der Waals surface area contributed by atoms with Gasteiger partial charge in [0, 0.05) is 35.7 Å². The average molecular weight is 271 g/mol. The number of benzene rings is 1. The number of hydrogen-bond donors (Lipinski definition) is 2. The maximum absolute atomic E-state index is 6.09. The van der Waals surface area contributed by atoms with Gasteiger partial charge < -0.3 is 10.7 Å². The van der Waals surface area contributed by atoms with Crippen molar-refractivity contribution in [2.24, 2.45) is 11.7 Å². The third-order valence-corrected chi connectivity index (χ3v) is 4.69. The molecule has 0 aliphatic carbocycles. The van der Waals surface area contributed by atoms with Crippen LogP contribution in [0.3, 0.4) is 0 Å². The fraction of sp³-hybridized carbons (Fsp3) is 0.529. The minimum absolute atomic E-state index is 0.307. The number of aromatic amines is 1. The van der Waals surface area contributed by atoms with E-state index in [0.717, 1.165) is 13.1 Å². The number of H-pyrrole nitrogens is 1. The number of aryl methyl sites for hydroxylation is 1. The van der Waals surface area contributed by atoms with E-state index >= 15 is 0 Å². The molecule has 3 nitrogen and oxygen atoms in total. The Kier molecular flexibility index (Phi) is 3.81. The molecule has 3 rings (SSSR count). The highest BCUT2D eigenvalue weighted by Gasteiger charge is 2.23. The summed E-state index contributed by atoms with van der Waals surface area (Å²) in [4.78, 5) is 6.07. The fourth-order valence-electron chi connectivity index (χ4n) is 3.43. The minimum Gasteiger partial charge on any atom is -0.358 e. The molecule has 2 aromatic rings. The summed E-state index contributed by atoms with van der Waals surface area (Å²) in [5.74, 6) is 0.647. The standard InChI is InChI=1S/C17H25N3/c1-12(18)14-6-5-9-20(10-14)11-16-13(2)19-17-8-4-3-7-15(16)17/h3-4,7-8,12,14,19H,5-6,9-11,18H2,1-2H3. The molecule has 20 heavy (non-hydrogen) atoms. The zero-order valence-corrected chi connectivity index (χ0v) is 12.5. The third-order valence-electron chi connectivity index (χ3n) is 4.69. The summed E-state index contributed by atoms with van der Waals surface area (Å²) in [6, 6.07) is 8.91. The molecule has 0 radical (unpaired) electrons. The van der Waals surface area contributed by atoms with Gasteiger partial charge in [0.2, 0.25) is 0 Å². The van der Waals surface area contributed by atoms with Crippen molar-refractivity contribution >= 4 is 10.9 Å². The van der Waals surface area contributed by atoms with Gasteiger partial charge in [-0.05, 0) is 50.8 Å². The van der Waals surface area contributed by atoms with Crippen LogP contribution in [0.4, 0.5) is 0 Å². The van der Waals surface area contributed by atoms with E-state index in [2.05, 4.69) is 48.0 Å². The third kappa shape index (κ3) is 2.60. The van der Waals surface area contributed by atoms with E-state index in [4.69, 9.17) is 5.73 Å². The molecule has 108 valence electrons. The van der Waals surface area contributed by atoms with Gasteiger partial charge in [-0.2, -0.15) is 0 Å². The second kappa shape index (κ2) is 5.58. The highest BCUT2D eigenvalue weighted by Crippen LogP contribution is 2.26. The molecule has 1 aromatic heterocycles. The molecule has 0 saturated carbocycles. The zero-order chi connectivity index (χ0) is 14.1. The van der Waals surface area contributed by atoms with E-state index < -0.39 is 0 Å². The number of nitrogens with zero attached hydrogens (tertiary/aromatic N) is 1. The lowest BCUT2D eigenvalue weighted by Crippen LogP contribution is -2.41. The first kappa shape index (κ1) is 13.7. The average Bonchev–Trinajstić information content (AvgIpc) is 2.76. The van der Waals surface area contributed by atoms with Crippen LogP contribution in [0.25, 0.3) is 10.9 Å². The smallest absolute Gasteiger partial charge is 0.0459 e. The Morgan fingerprint density at radius 3 is 3.00 bits per heavy atom. The van der Waals surface area contributed by atoms with E-state index in [1.807, 2.05) is 0 Å². The first-order valence-electron chi connectivity index (χ1n) is 7.69. The lowest BCUT2D eigenvalue weighted by molar-refractivity contribution is 0.154. The lowest BCUT2D eigenvalue weighted by atomic mass is 9.92. The van der Waals surface area contributed by atoms with E-state index in [9.17, 15) is 0 Å². The van der Waals surface area contributed by atoms with Gasteiger partial charge in [0.25, 0.3) is 0 Å². The number of para-hydroxylation sites is 1. The van der Waals surface area contributed by atoms with Crippen molar-refractivity contribution in [1.82, 2.24) is 9.88 Å². The SMILES string of the molecule is Cc1[nH]c2ccccc2c1CN1CCCC(C(C)N)C1. The van der Waals surface area contributed by atoms with Gasteiger partial charge in [-0.15, -0.1) is 0 Å². The van der Waals surface area contributed by atoms with Gasteiger partial charge >= 0.3 is 0 Å². The van der Waals surface area contributed by atoms with Crippen molar-refractivity contribution < 1.29 is 0 Å². The van der Waals surface area contributed by atoms with Gasteiger partial charge in [-0.3, -0.25) is 4.90 Å². The van der Waals surface area contributed by atoms with Crippen LogP contribution < -0.4 is 5.73 Å². The van der Waals surface area contributed by atoms with Gasteiger partial charge in [0.1, 0.15) is 0 Å². The maximum atomic E-state index is 6.09. The Morgan fingerprint density at radius 1 is 1.40 bits per heavy atom. The second-order valence-corrected chi connectivity index (χ2v) is 6.27. The minimum atomic E-state index is 0.307. The topological polar surface area (TPSA) is 45.0 Å². The Morgan fingerprint density at radius 2 is 2.20 bits per heavy atom. The highest BCUT2D eigenvalue weighted by molar-refractivity contribution is 5.84. The van der Waals surface area contributed by atoms with Crippen LogP contribution in [0.2, 0.25) is 0 Å². The Bertz CT molecular complexity index is 585. The van der Waals surface area contributed by atoms with E-state index in [-0.39, 0.29) is 0 Å². The molecule has 1 aliphatic rings. The number of aromatic nitrogens is 1. The van der Waals surface area contributed by atoms with E-state index in [1.165, 1.54) is 41.5 Å². The fourth-order valence-corrected chi connectivity index (χ4v) is 3.43.